The summed E-state index contributed by atoms with van der Waals surface area (Å²) < 4.78 is 42.1. The van der Waals surface area contributed by atoms with Crippen LogP contribution < -0.4 is 14.4 Å². The number of allylic oxidation sites excluding steroid dienone is 2. The van der Waals surface area contributed by atoms with Crippen LogP contribution in [0.4, 0.5) is 5.69 Å². The molecule has 1 amide bonds. The van der Waals surface area contributed by atoms with Crippen LogP contribution in [0.25, 0.3) is 0 Å². The van der Waals surface area contributed by atoms with Crippen molar-refractivity contribution in [2.24, 2.45) is 17.8 Å². The molecule has 9 heteroatoms. The molecule has 0 unspecified atom stereocenters. The number of rotatable bonds is 3. The number of amides is 1. The quantitative estimate of drug-likeness (QED) is 0.335. The lowest BCUT2D eigenvalue weighted by Gasteiger charge is -2.50. The van der Waals surface area contributed by atoms with E-state index in [0.717, 1.165) is 62.9 Å². The van der Waals surface area contributed by atoms with E-state index in [1.165, 1.54) is 11.1 Å². The highest BCUT2D eigenvalue weighted by Gasteiger charge is 2.46. The molecule has 1 saturated carbocycles. The maximum absolute atomic E-state index is 13.5. The number of hydrogen-bond acceptors (Lipinski definition) is 6. The van der Waals surface area contributed by atoms with Crippen molar-refractivity contribution in [1.82, 2.24) is 4.72 Å². The molecule has 2 bridgehead atoms. The first kappa shape index (κ1) is 34.5. The molecular formula is C37H49ClN2O5S. The van der Waals surface area contributed by atoms with E-state index in [1.807, 2.05) is 31.2 Å². The predicted molar refractivity (Wildman–Crippen MR) is 186 cm³/mol. The summed E-state index contributed by atoms with van der Waals surface area (Å²) in [6.45, 7) is 9.73. The number of methoxy groups -OCH3 is 1. The molecule has 5 rings (SSSR count). The molecule has 250 valence electrons. The Labute approximate surface area is 280 Å². The van der Waals surface area contributed by atoms with Crippen LogP contribution in [0.2, 0.25) is 5.02 Å². The third kappa shape index (κ3) is 7.66. The van der Waals surface area contributed by atoms with Gasteiger partial charge in [0.1, 0.15) is 12.4 Å². The van der Waals surface area contributed by atoms with Gasteiger partial charge in [-0.25, -0.2) is 13.1 Å². The van der Waals surface area contributed by atoms with Crippen molar-refractivity contribution in [3.05, 3.63) is 81.9 Å². The van der Waals surface area contributed by atoms with E-state index in [9.17, 15) is 13.2 Å². The highest BCUT2D eigenvalue weighted by Crippen LogP contribution is 2.48. The predicted octanol–water partition coefficient (Wildman–Crippen LogP) is 7.87. The van der Waals surface area contributed by atoms with Crippen LogP contribution in [0.15, 0.2) is 60.2 Å². The summed E-state index contributed by atoms with van der Waals surface area (Å²) in [6.07, 6.45) is 12.8. The van der Waals surface area contributed by atoms with Crippen LogP contribution >= 0.6 is 11.6 Å². The number of fused-ring (bicyclic) bond motifs is 3. The number of sulfonamides is 1. The number of nitrogens with zero attached hydrogens (tertiary/aromatic N) is 1. The molecule has 0 spiro atoms. The van der Waals surface area contributed by atoms with Crippen molar-refractivity contribution >= 4 is 33.2 Å². The molecule has 2 aromatic rings. The maximum Gasteiger partial charge on any atom is 0.264 e. The Morgan fingerprint density at radius 1 is 1.13 bits per heavy atom. The van der Waals surface area contributed by atoms with E-state index >= 15 is 0 Å². The second-order valence-electron chi connectivity index (χ2n) is 13.7. The lowest BCUT2D eigenvalue weighted by Crippen LogP contribution is -2.51. The average molecular weight is 669 g/mol. The molecule has 0 saturated heterocycles. The van der Waals surface area contributed by atoms with Gasteiger partial charge in [0.15, 0.2) is 0 Å². The van der Waals surface area contributed by atoms with Crippen LogP contribution in [0.5, 0.6) is 5.75 Å². The highest BCUT2D eigenvalue weighted by molar-refractivity contribution is 7.90. The van der Waals surface area contributed by atoms with E-state index in [2.05, 4.69) is 41.7 Å². The zero-order chi connectivity index (χ0) is 33.1. The van der Waals surface area contributed by atoms with Crippen molar-refractivity contribution in [2.45, 2.75) is 90.1 Å². The van der Waals surface area contributed by atoms with Gasteiger partial charge in [-0.1, -0.05) is 48.4 Å². The Kier molecular flexibility index (Phi) is 10.9. The van der Waals surface area contributed by atoms with Gasteiger partial charge in [-0.15, -0.1) is 0 Å². The molecule has 1 N–H and O–H groups in total. The third-order valence-electron chi connectivity index (χ3n) is 10.4. The number of benzene rings is 2. The van der Waals surface area contributed by atoms with Gasteiger partial charge < -0.3 is 14.4 Å². The van der Waals surface area contributed by atoms with Gasteiger partial charge in [0.25, 0.3) is 5.91 Å². The molecule has 2 aromatic carbocycles. The van der Waals surface area contributed by atoms with Crippen molar-refractivity contribution < 1.29 is 22.7 Å². The molecule has 0 radical (unpaired) electrons. The summed E-state index contributed by atoms with van der Waals surface area (Å²) >= 11 is 6.36. The zero-order valence-electron chi connectivity index (χ0n) is 27.9. The minimum absolute atomic E-state index is 0.210. The maximum atomic E-state index is 13.5. The Morgan fingerprint density at radius 2 is 1.93 bits per heavy atom. The van der Waals surface area contributed by atoms with Crippen molar-refractivity contribution in [3.63, 3.8) is 0 Å². The van der Waals surface area contributed by atoms with Crippen LogP contribution in [-0.2, 0) is 27.8 Å². The van der Waals surface area contributed by atoms with Crippen LogP contribution in [0, 0.1) is 17.8 Å². The summed E-state index contributed by atoms with van der Waals surface area (Å²) in [4.78, 5) is 15.8. The summed E-state index contributed by atoms with van der Waals surface area (Å²) in [5.41, 5.74) is 4.13. The fraction of sp³-hybridized carbons (Fsp3) is 0.541. The monoisotopic (exact) mass is 668 g/mol. The standard InChI is InChI=1S/C37H49ClN2O5S/c1-25(2)17-19-37(44-5)18-8-9-26(3)27(4)46(42,43)39-36(41)29-13-16-35-34(22-29)40(23-30-12-15-33(30)37)20-7-6-10-28-21-32(38)14-11-31(28)24-45-35/h8,11,13-14,16-18,21-22,26-27,30,33H,6-7,9-10,12,15,19-20,23-24H2,1-5H3,(H,39,41)/b18-8+/t26-,27+,30-,33+,37-/m0/s1. The molecule has 2 heterocycles. The second kappa shape index (κ2) is 14.5. The largest absolute Gasteiger partial charge is 0.487 e. The second-order valence-corrected chi connectivity index (χ2v) is 16.1. The normalized spacial score (nSPS) is 29.0. The molecule has 7 nitrogen and oxygen atoms in total. The van der Waals surface area contributed by atoms with Gasteiger partial charge in [0.2, 0.25) is 10.0 Å². The molecule has 3 aliphatic rings. The summed E-state index contributed by atoms with van der Waals surface area (Å²) in [5, 5.41) is -0.0531. The lowest BCUT2D eigenvalue weighted by atomic mass is 9.63. The number of carbonyl (C=O) groups excluding carboxylic acids is 1. The van der Waals surface area contributed by atoms with Crippen LogP contribution in [-0.4, -0.2) is 45.4 Å². The first-order chi connectivity index (χ1) is 21.9. The summed E-state index contributed by atoms with van der Waals surface area (Å²) in [7, 11) is -2.13. The fourth-order valence-corrected chi connectivity index (χ4v) is 8.54. The van der Waals surface area contributed by atoms with Crippen molar-refractivity contribution in [2.75, 3.05) is 25.1 Å². The van der Waals surface area contributed by atoms with Crippen LogP contribution in [0.1, 0.15) is 87.7 Å². The van der Waals surface area contributed by atoms with Gasteiger partial charge in [-0.3, -0.25) is 4.79 Å². The topological polar surface area (TPSA) is 84.9 Å². The Hall–Kier alpha value is -2.81. The molecule has 5 atom stereocenters. The molecular weight excluding hydrogens is 620 g/mol. The first-order valence-electron chi connectivity index (χ1n) is 16.6. The van der Waals surface area contributed by atoms with E-state index in [4.69, 9.17) is 21.1 Å². The zero-order valence-corrected chi connectivity index (χ0v) is 29.4. The van der Waals surface area contributed by atoms with Crippen molar-refractivity contribution in [3.8, 4) is 5.75 Å². The third-order valence-corrected chi connectivity index (χ3v) is 12.5. The minimum atomic E-state index is -3.93. The van der Waals surface area contributed by atoms with Gasteiger partial charge in [-0.2, -0.15) is 0 Å². The Bertz CT molecular complexity index is 1580. The first-order valence-corrected chi connectivity index (χ1v) is 18.6. The fourth-order valence-electron chi connectivity index (χ4n) is 7.06. The van der Waals surface area contributed by atoms with Gasteiger partial charge in [-0.05, 0) is 125 Å². The van der Waals surface area contributed by atoms with Gasteiger partial charge in [0.05, 0.1) is 16.5 Å². The van der Waals surface area contributed by atoms with E-state index in [1.54, 1.807) is 26.2 Å². The molecule has 2 aliphatic heterocycles. The number of halogens is 1. The molecule has 46 heavy (non-hydrogen) atoms. The number of carbonyl (C=O) groups is 1. The molecule has 1 aliphatic carbocycles. The van der Waals surface area contributed by atoms with E-state index in [-0.39, 0.29) is 11.8 Å². The SMILES string of the molecule is CO[C@]1(CC=C(C)C)/C=C/C[C@H](C)[C@@H](C)S(=O)(=O)NC(=O)c2ccc3c(c2)N(CCCCc2cc(Cl)ccc2CO3)C[C@@H]2CC[C@H]21. The van der Waals surface area contributed by atoms with E-state index < -0.39 is 26.8 Å². The Balaban J connectivity index is 1.59. The number of ether oxygens (including phenoxy) is 2. The average Bonchev–Trinajstić information content (AvgIpc) is 3.03. The molecule has 0 aromatic heterocycles. The lowest BCUT2D eigenvalue weighted by molar-refractivity contribution is -0.0729. The number of hydrogen-bond donors (Lipinski definition) is 1. The van der Waals surface area contributed by atoms with Crippen LogP contribution in [0.3, 0.4) is 0 Å². The number of nitrogens with one attached hydrogen (secondary N) is 1. The molecule has 1 fully saturated rings. The van der Waals surface area contributed by atoms with Gasteiger partial charge >= 0.3 is 0 Å². The highest BCUT2D eigenvalue weighted by atomic mass is 35.5. The summed E-state index contributed by atoms with van der Waals surface area (Å²) in [5.74, 6) is 0.489. The number of anilines is 1. The van der Waals surface area contributed by atoms with Gasteiger partial charge in [0, 0.05) is 30.8 Å². The van der Waals surface area contributed by atoms with E-state index in [0.29, 0.717) is 35.3 Å². The van der Waals surface area contributed by atoms with Crippen molar-refractivity contribution in [1.29, 1.82) is 0 Å². The Morgan fingerprint density at radius 3 is 2.65 bits per heavy atom. The number of aryl methyl sites for hydroxylation is 1. The summed E-state index contributed by atoms with van der Waals surface area (Å²) in [6, 6.07) is 11.2. The smallest absolute Gasteiger partial charge is 0.264 e. The minimum Gasteiger partial charge on any atom is -0.487 e.